The zero-order chi connectivity index (χ0) is 12.4. The van der Waals surface area contributed by atoms with E-state index in [-0.39, 0.29) is 6.10 Å². The van der Waals surface area contributed by atoms with Gasteiger partial charge in [0, 0.05) is 25.8 Å². The molecule has 1 aliphatic heterocycles. The van der Waals surface area contributed by atoms with Crippen molar-refractivity contribution in [2.75, 3.05) is 25.1 Å². The van der Waals surface area contributed by atoms with Crippen LogP contribution in [0.3, 0.4) is 0 Å². The number of piperidine rings is 1. The molecule has 1 aromatic heterocycles. The molecule has 0 amide bonds. The summed E-state index contributed by atoms with van der Waals surface area (Å²) in [5.74, 6) is 1.52. The summed E-state index contributed by atoms with van der Waals surface area (Å²) < 4.78 is 5.51. The Bertz CT molecular complexity index is 399. The SMILES string of the molecule is COC1CN(c2ncnc(Cl)c2C)CCC1C. The Kier molecular flexibility index (Phi) is 3.84. The lowest BCUT2D eigenvalue weighted by Gasteiger charge is -2.37. The van der Waals surface area contributed by atoms with E-state index in [1.165, 1.54) is 6.33 Å². The van der Waals surface area contributed by atoms with E-state index in [1.54, 1.807) is 7.11 Å². The Labute approximate surface area is 107 Å². The van der Waals surface area contributed by atoms with Crippen LogP contribution in [0.1, 0.15) is 18.9 Å². The molecular weight excluding hydrogens is 238 g/mol. The normalized spacial score (nSPS) is 25.1. The van der Waals surface area contributed by atoms with Gasteiger partial charge in [0.05, 0.1) is 6.10 Å². The molecule has 0 N–H and O–H groups in total. The minimum atomic E-state index is 0.261. The number of halogens is 1. The van der Waals surface area contributed by atoms with Gasteiger partial charge in [0.2, 0.25) is 0 Å². The first kappa shape index (κ1) is 12.6. The van der Waals surface area contributed by atoms with Crippen molar-refractivity contribution in [3.63, 3.8) is 0 Å². The third kappa shape index (κ3) is 2.53. The van der Waals surface area contributed by atoms with Crippen LogP contribution < -0.4 is 4.90 Å². The number of methoxy groups -OCH3 is 1. The first-order valence-electron chi connectivity index (χ1n) is 5.88. The third-order valence-corrected chi connectivity index (χ3v) is 3.87. The van der Waals surface area contributed by atoms with Gasteiger partial charge in [0.25, 0.3) is 0 Å². The molecule has 94 valence electrons. The van der Waals surface area contributed by atoms with E-state index in [9.17, 15) is 0 Å². The fourth-order valence-electron chi connectivity index (χ4n) is 2.27. The molecule has 4 nitrogen and oxygen atoms in total. The second-order valence-corrected chi connectivity index (χ2v) is 4.96. The molecule has 1 saturated heterocycles. The molecule has 17 heavy (non-hydrogen) atoms. The Morgan fingerprint density at radius 2 is 2.24 bits per heavy atom. The Morgan fingerprint density at radius 1 is 1.47 bits per heavy atom. The molecule has 1 aliphatic rings. The first-order chi connectivity index (χ1) is 8.13. The maximum Gasteiger partial charge on any atom is 0.137 e. The Morgan fingerprint density at radius 3 is 2.94 bits per heavy atom. The summed E-state index contributed by atoms with van der Waals surface area (Å²) in [6.07, 6.45) is 2.89. The number of hydrogen-bond donors (Lipinski definition) is 0. The second kappa shape index (κ2) is 5.19. The van der Waals surface area contributed by atoms with Gasteiger partial charge in [-0.05, 0) is 19.3 Å². The van der Waals surface area contributed by atoms with E-state index < -0.39 is 0 Å². The quantitative estimate of drug-likeness (QED) is 0.760. The van der Waals surface area contributed by atoms with Crippen LogP contribution in [0, 0.1) is 12.8 Å². The molecule has 2 heterocycles. The van der Waals surface area contributed by atoms with Crippen LogP contribution in [0.15, 0.2) is 6.33 Å². The summed E-state index contributed by atoms with van der Waals surface area (Å²) in [4.78, 5) is 10.5. The van der Waals surface area contributed by atoms with Crippen molar-refractivity contribution in [1.82, 2.24) is 9.97 Å². The lowest BCUT2D eigenvalue weighted by molar-refractivity contribution is 0.0496. The summed E-state index contributed by atoms with van der Waals surface area (Å²) in [5, 5.41) is 0.530. The third-order valence-electron chi connectivity index (χ3n) is 3.49. The number of anilines is 1. The fraction of sp³-hybridized carbons (Fsp3) is 0.667. The van der Waals surface area contributed by atoms with Gasteiger partial charge < -0.3 is 9.64 Å². The van der Waals surface area contributed by atoms with Gasteiger partial charge in [-0.3, -0.25) is 0 Å². The molecule has 0 saturated carbocycles. The molecule has 0 bridgehead atoms. The number of aromatic nitrogens is 2. The van der Waals surface area contributed by atoms with E-state index in [0.717, 1.165) is 30.9 Å². The van der Waals surface area contributed by atoms with Crippen molar-refractivity contribution >= 4 is 17.4 Å². The van der Waals surface area contributed by atoms with Gasteiger partial charge in [-0.15, -0.1) is 0 Å². The summed E-state index contributed by atoms with van der Waals surface area (Å²) >= 11 is 6.02. The zero-order valence-corrected chi connectivity index (χ0v) is 11.2. The van der Waals surface area contributed by atoms with Crippen LogP contribution in [-0.2, 0) is 4.74 Å². The number of rotatable bonds is 2. The maximum absolute atomic E-state index is 6.02. The van der Waals surface area contributed by atoms with E-state index in [1.807, 2.05) is 6.92 Å². The second-order valence-electron chi connectivity index (χ2n) is 4.60. The molecule has 0 radical (unpaired) electrons. The van der Waals surface area contributed by atoms with Crippen molar-refractivity contribution in [1.29, 1.82) is 0 Å². The summed E-state index contributed by atoms with van der Waals surface area (Å²) in [6, 6.07) is 0. The molecule has 2 atom stereocenters. The summed E-state index contributed by atoms with van der Waals surface area (Å²) in [6.45, 7) is 6.05. The summed E-state index contributed by atoms with van der Waals surface area (Å²) in [7, 11) is 1.77. The topological polar surface area (TPSA) is 38.2 Å². The standard InChI is InChI=1S/C12H18ClN3O/c1-8-4-5-16(6-10(8)17-3)12-9(2)11(13)14-7-15-12/h7-8,10H,4-6H2,1-3H3. The van der Waals surface area contributed by atoms with Gasteiger partial charge in [0.1, 0.15) is 17.3 Å². The fourth-order valence-corrected chi connectivity index (χ4v) is 2.40. The zero-order valence-electron chi connectivity index (χ0n) is 10.5. The minimum Gasteiger partial charge on any atom is -0.379 e. The van der Waals surface area contributed by atoms with Crippen LogP contribution in [0.2, 0.25) is 5.15 Å². The van der Waals surface area contributed by atoms with Crippen molar-refractivity contribution in [3.8, 4) is 0 Å². The van der Waals surface area contributed by atoms with E-state index in [4.69, 9.17) is 16.3 Å². The van der Waals surface area contributed by atoms with Crippen LogP contribution in [0.4, 0.5) is 5.82 Å². The Hall–Kier alpha value is -0.870. The smallest absolute Gasteiger partial charge is 0.137 e. The van der Waals surface area contributed by atoms with Gasteiger partial charge >= 0.3 is 0 Å². The molecule has 1 aromatic rings. The molecular formula is C12H18ClN3O. The lowest BCUT2D eigenvalue weighted by Crippen LogP contribution is -2.44. The number of hydrogen-bond acceptors (Lipinski definition) is 4. The van der Waals surface area contributed by atoms with Gasteiger partial charge in [-0.1, -0.05) is 18.5 Å². The highest BCUT2D eigenvalue weighted by Gasteiger charge is 2.27. The highest BCUT2D eigenvalue weighted by Crippen LogP contribution is 2.27. The van der Waals surface area contributed by atoms with Gasteiger partial charge in [0.15, 0.2) is 0 Å². The van der Waals surface area contributed by atoms with E-state index >= 15 is 0 Å². The average molecular weight is 256 g/mol. The van der Waals surface area contributed by atoms with Crippen molar-refractivity contribution < 1.29 is 4.74 Å². The Balaban J connectivity index is 2.20. The molecule has 0 spiro atoms. The number of ether oxygens (including phenoxy) is 1. The van der Waals surface area contributed by atoms with Gasteiger partial charge in [-0.2, -0.15) is 0 Å². The van der Waals surface area contributed by atoms with E-state index in [0.29, 0.717) is 11.1 Å². The first-order valence-corrected chi connectivity index (χ1v) is 6.26. The van der Waals surface area contributed by atoms with Crippen molar-refractivity contribution in [2.45, 2.75) is 26.4 Å². The molecule has 0 aromatic carbocycles. The van der Waals surface area contributed by atoms with Crippen molar-refractivity contribution in [3.05, 3.63) is 17.0 Å². The van der Waals surface area contributed by atoms with Crippen molar-refractivity contribution in [2.24, 2.45) is 5.92 Å². The highest BCUT2D eigenvalue weighted by molar-refractivity contribution is 6.30. The molecule has 2 unspecified atom stereocenters. The molecule has 1 fully saturated rings. The van der Waals surface area contributed by atoms with Crippen LogP contribution >= 0.6 is 11.6 Å². The van der Waals surface area contributed by atoms with E-state index in [2.05, 4.69) is 21.8 Å². The van der Waals surface area contributed by atoms with Crippen LogP contribution in [0.25, 0.3) is 0 Å². The van der Waals surface area contributed by atoms with Crippen LogP contribution in [-0.4, -0.2) is 36.3 Å². The lowest BCUT2D eigenvalue weighted by atomic mass is 9.95. The summed E-state index contributed by atoms with van der Waals surface area (Å²) in [5.41, 5.74) is 0.943. The predicted molar refractivity (Wildman–Crippen MR) is 68.6 cm³/mol. The average Bonchev–Trinajstić information content (AvgIpc) is 2.34. The molecule has 2 rings (SSSR count). The van der Waals surface area contributed by atoms with Gasteiger partial charge in [-0.25, -0.2) is 9.97 Å². The minimum absolute atomic E-state index is 0.261. The van der Waals surface area contributed by atoms with Crippen LogP contribution in [0.5, 0.6) is 0 Å². The highest BCUT2D eigenvalue weighted by atomic mass is 35.5. The maximum atomic E-state index is 6.02. The largest absolute Gasteiger partial charge is 0.379 e. The number of nitrogens with zero attached hydrogens (tertiary/aromatic N) is 3. The predicted octanol–water partition coefficient (Wildman–Crippen LogP) is 2.30. The molecule has 5 heteroatoms. The monoisotopic (exact) mass is 255 g/mol. The molecule has 0 aliphatic carbocycles.